The molecule has 1 fully saturated rings. The van der Waals surface area contributed by atoms with Crippen molar-refractivity contribution in [2.75, 3.05) is 0 Å². The highest BCUT2D eigenvalue weighted by Gasteiger charge is 2.47. The van der Waals surface area contributed by atoms with Gasteiger partial charge in [0, 0.05) is 18.8 Å². The van der Waals surface area contributed by atoms with Crippen LogP contribution in [0.4, 0.5) is 0 Å². The second-order valence-corrected chi connectivity index (χ2v) is 28.1. The Hall–Kier alpha value is -2.21. The summed E-state index contributed by atoms with van der Waals surface area (Å²) in [6.07, 6.45) is 8.98. The van der Waals surface area contributed by atoms with Gasteiger partial charge in [-0.05, 0) is 97.9 Å². The maximum atomic E-state index is 14.1. The molecule has 8 atom stereocenters. The van der Waals surface area contributed by atoms with Gasteiger partial charge in [-0.25, -0.2) is 4.79 Å². The summed E-state index contributed by atoms with van der Waals surface area (Å²) in [7, 11) is -4.15. The molecule has 0 saturated carbocycles. The zero-order valence-electron chi connectivity index (χ0n) is 34.2. The Morgan fingerprint density at radius 2 is 1.55 bits per heavy atom. The lowest BCUT2D eigenvalue weighted by Gasteiger charge is -2.46. The molecule has 9 heteroatoms. The van der Waals surface area contributed by atoms with Crippen LogP contribution in [0.15, 0.2) is 42.0 Å². The lowest BCUT2D eigenvalue weighted by molar-refractivity contribution is -0.164. The molecule has 1 aromatic carbocycles. The van der Waals surface area contributed by atoms with Crippen LogP contribution in [0.2, 0.25) is 36.3 Å². The lowest BCUT2D eigenvalue weighted by Crippen LogP contribution is -2.49. The van der Waals surface area contributed by atoms with Crippen LogP contribution < -0.4 is 4.74 Å². The summed E-state index contributed by atoms with van der Waals surface area (Å²) in [6, 6.07) is 6.02. The molecular formula is C42H68O7Si2. The van der Waals surface area contributed by atoms with Crippen LogP contribution in [0.3, 0.4) is 0 Å². The van der Waals surface area contributed by atoms with Gasteiger partial charge in [0.1, 0.15) is 18.0 Å². The van der Waals surface area contributed by atoms with Gasteiger partial charge in [0.25, 0.3) is 0 Å². The number of hydrogen-bond donors (Lipinski definition) is 0. The Bertz CT molecular complexity index is 1430. The maximum absolute atomic E-state index is 14.1. The third-order valence-electron chi connectivity index (χ3n) is 12.5. The molecule has 0 spiro atoms. The largest absolute Gasteiger partial charge is 0.478 e. The summed E-state index contributed by atoms with van der Waals surface area (Å²) in [4.78, 5) is 26.9. The highest BCUT2D eigenvalue weighted by Crippen LogP contribution is 2.47. The number of cyclic esters (lactones) is 1. The second kappa shape index (κ2) is 16.0. The highest BCUT2D eigenvalue weighted by atomic mass is 28.4. The molecule has 0 bridgehead atoms. The fourth-order valence-corrected chi connectivity index (χ4v) is 9.98. The minimum atomic E-state index is -2.11. The van der Waals surface area contributed by atoms with Gasteiger partial charge in [-0.3, -0.25) is 4.79 Å². The smallest absolute Gasteiger partial charge is 0.347 e. The molecule has 1 aliphatic heterocycles. The Morgan fingerprint density at radius 1 is 0.941 bits per heavy atom. The van der Waals surface area contributed by atoms with Crippen molar-refractivity contribution in [3.05, 3.63) is 53.1 Å². The first-order chi connectivity index (χ1) is 23.5. The van der Waals surface area contributed by atoms with Crippen molar-refractivity contribution < 1.29 is 32.7 Å². The number of allylic oxidation sites excluding steroid dienone is 2. The number of benzene rings is 1. The molecule has 5 unspecified atom stereocenters. The molecular weight excluding hydrogens is 673 g/mol. The molecule has 286 valence electrons. The number of aryl methyl sites for hydroxylation is 2. The molecule has 4 rings (SSSR count). The predicted molar refractivity (Wildman–Crippen MR) is 211 cm³/mol. The van der Waals surface area contributed by atoms with Crippen molar-refractivity contribution in [2.24, 2.45) is 17.8 Å². The van der Waals surface area contributed by atoms with Gasteiger partial charge in [0.05, 0.1) is 18.6 Å². The second-order valence-electron chi connectivity index (χ2n) is 18.6. The summed E-state index contributed by atoms with van der Waals surface area (Å²) in [6.45, 7) is 30.7. The van der Waals surface area contributed by atoms with Crippen LogP contribution in [0.5, 0.6) is 5.75 Å². The Balaban J connectivity index is 1.58. The molecule has 1 saturated heterocycles. The third-order valence-corrected chi connectivity index (χ3v) is 21.5. The van der Waals surface area contributed by atoms with E-state index in [9.17, 15) is 9.59 Å². The Labute approximate surface area is 311 Å². The van der Waals surface area contributed by atoms with E-state index in [1.165, 1.54) is 5.57 Å². The van der Waals surface area contributed by atoms with Crippen molar-refractivity contribution in [3.63, 3.8) is 0 Å². The van der Waals surface area contributed by atoms with Gasteiger partial charge in [0.2, 0.25) is 0 Å². The summed E-state index contributed by atoms with van der Waals surface area (Å²) < 4.78 is 32.6. The number of rotatable bonds is 12. The topological polar surface area (TPSA) is 80.3 Å². The summed E-state index contributed by atoms with van der Waals surface area (Å²) in [5.74, 6) is 0.714. The van der Waals surface area contributed by atoms with Crippen LogP contribution in [0.1, 0.15) is 105 Å². The van der Waals surface area contributed by atoms with Crippen LogP contribution in [0.25, 0.3) is 0 Å². The average molecular weight is 741 g/mol. The van der Waals surface area contributed by atoms with E-state index in [1.54, 1.807) is 0 Å². The number of carbonyl (C=O) groups excluding carboxylic acids is 2. The molecule has 51 heavy (non-hydrogen) atoms. The lowest BCUT2D eigenvalue weighted by atomic mass is 9.66. The van der Waals surface area contributed by atoms with Crippen LogP contribution in [-0.2, 0) is 27.9 Å². The fraction of sp³-hybridized carbons (Fsp3) is 0.714. The van der Waals surface area contributed by atoms with Gasteiger partial charge in [-0.2, -0.15) is 0 Å². The Kier molecular flexibility index (Phi) is 13.1. The molecule has 0 N–H and O–H groups in total. The standard InChI is InChI=1S/C42H68O7Si2/c1-15-35(46-39-28(3)17-16-18-29(39)4)40(44)47-36-25-32(48-50(11,12)41(5,6)7)23-30-20-19-27(2)34(38(30)36)22-21-31-24-33(26-37(43)45-31)49-51(13,14)42(8,9)10/h16-20,23,27,31-36,38H,15,21-22,24-26H2,1-14H3/t27?,31-,32?,33-,34?,35+,36?,38?/m1/s1. The molecule has 0 aromatic heterocycles. The summed E-state index contributed by atoms with van der Waals surface area (Å²) in [5, 5.41) is 0.112. The molecule has 3 aliphatic rings. The van der Waals surface area contributed by atoms with E-state index in [-0.39, 0.29) is 64.2 Å². The van der Waals surface area contributed by atoms with Crippen LogP contribution >= 0.6 is 0 Å². The first-order valence-corrected chi connectivity index (χ1v) is 25.2. The van der Waals surface area contributed by atoms with Crippen molar-refractivity contribution in [2.45, 2.75) is 175 Å². The van der Waals surface area contributed by atoms with Gasteiger partial charge >= 0.3 is 11.9 Å². The van der Waals surface area contributed by atoms with Crippen LogP contribution in [-0.4, -0.2) is 59.1 Å². The van der Waals surface area contributed by atoms with E-state index < -0.39 is 22.7 Å². The van der Waals surface area contributed by atoms with Crippen molar-refractivity contribution in [1.29, 1.82) is 0 Å². The van der Waals surface area contributed by atoms with E-state index in [2.05, 4.69) is 92.9 Å². The SMILES string of the molecule is CC[C@H](Oc1c(C)cccc1C)C(=O)OC1CC(O[Si](C)(C)C(C)(C)C)C=C2C=CC(C)C(CC[C@@H]3C[C@@H](O[Si](C)(C)C(C)(C)C)CC(=O)O3)C21. The van der Waals surface area contributed by atoms with Crippen molar-refractivity contribution in [1.82, 2.24) is 0 Å². The summed E-state index contributed by atoms with van der Waals surface area (Å²) >= 11 is 0. The fourth-order valence-electron chi connectivity index (χ4n) is 7.34. The van der Waals surface area contributed by atoms with E-state index in [0.29, 0.717) is 19.3 Å². The molecule has 0 radical (unpaired) electrons. The van der Waals surface area contributed by atoms with E-state index in [4.69, 9.17) is 23.1 Å². The molecule has 1 aromatic rings. The number of ether oxygens (including phenoxy) is 3. The number of esters is 2. The first-order valence-electron chi connectivity index (χ1n) is 19.4. The van der Waals surface area contributed by atoms with Gasteiger partial charge in [0.15, 0.2) is 22.7 Å². The third kappa shape index (κ3) is 10.1. The van der Waals surface area contributed by atoms with Gasteiger partial charge in [-0.15, -0.1) is 0 Å². The van der Waals surface area contributed by atoms with Gasteiger partial charge < -0.3 is 23.1 Å². The van der Waals surface area contributed by atoms with E-state index >= 15 is 0 Å². The minimum Gasteiger partial charge on any atom is -0.478 e. The normalized spacial score (nSPS) is 28.0. The average Bonchev–Trinajstić information content (AvgIpc) is 2.98. The molecule has 1 heterocycles. The highest BCUT2D eigenvalue weighted by molar-refractivity contribution is 6.74. The molecule has 7 nitrogen and oxygen atoms in total. The van der Waals surface area contributed by atoms with Crippen LogP contribution in [0, 0.1) is 31.6 Å². The van der Waals surface area contributed by atoms with Crippen molar-refractivity contribution in [3.8, 4) is 5.75 Å². The first kappa shape index (κ1) is 41.5. The van der Waals surface area contributed by atoms with E-state index in [1.807, 2.05) is 39.0 Å². The zero-order valence-corrected chi connectivity index (χ0v) is 36.2. The molecule has 2 aliphatic carbocycles. The number of carbonyl (C=O) groups is 2. The predicted octanol–water partition coefficient (Wildman–Crippen LogP) is 10.4. The van der Waals surface area contributed by atoms with E-state index in [0.717, 1.165) is 36.1 Å². The monoisotopic (exact) mass is 740 g/mol. The van der Waals surface area contributed by atoms with Crippen molar-refractivity contribution >= 4 is 28.6 Å². The Morgan fingerprint density at radius 3 is 2.14 bits per heavy atom. The van der Waals surface area contributed by atoms with Gasteiger partial charge in [-0.1, -0.05) is 91.8 Å². The number of hydrogen-bond acceptors (Lipinski definition) is 7. The molecule has 0 amide bonds. The number of fused-ring (bicyclic) bond motifs is 1. The summed E-state index contributed by atoms with van der Waals surface area (Å²) in [5.41, 5.74) is 3.17. The quantitative estimate of drug-likeness (QED) is 0.156. The minimum absolute atomic E-state index is 0.00416. The number of para-hydroxylation sites is 1. The zero-order chi connectivity index (χ0) is 38.1. The maximum Gasteiger partial charge on any atom is 0.347 e.